The third-order valence-corrected chi connectivity index (χ3v) is 5.76. The number of anilines is 1. The molecule has 3 aromatic rings. The summed E-state index contributed by atoms with van der Waals surface area (Å²) in [4.78, 5) is 13.0. The Kier molecular flexibility index (Phi) is 5.20. The minimum absolute atomic E-state index is 0.0531. The van der Waals surface area contributed by atoms with Gasteiger partial charge in [0, 0.05) is 5.56 Å². The van der Waals surface area contributed by atoms with Gasteiger partial charge in [0.1, 0.15) is 10.6 Å². The van der Waals surface area contributed by atoms with Crippen LogP contribution in [0.5, 0.6) is 5.75 Å². The first-order valence-electron chi connectivity index (χ1n) is 9.21. The monoisotopic (exact) mass is 418 g/mol. The number of carbonyl (C=O) groups is 1. The van der Waals surface area contributed by atoms with E-state index in [9.17, 15) is 13.2 Å². The number of rotatable bonds is 5. The molecular weight excluding hydrogens is 400 g/mol. The van der Waals surface area contributed by atoms with Gasteiger partial charge in [-0.15, -0.1) is 0 Å². The molecule has 1 aliphatic rings. The molecule has 0 aliphatic carbocycles. The summed E-state index contributed by atoms with van der Waals surface area (Å²) in [5.74, 6) is -0.160. The maximum atomic E-state index is 12.9. The van der Waals surface area contributed by atoms with Crippen molar-refractivity contribution >= 4 is 33.5 Å². The lowest BCUT2D eigenvalue weighted by Crippen LogP contribution is -2.21. The predicted octanol–water partition coefficient (Wildman–Crippen LogP) is 4.26. The van der Waals surface area contributed by atoms with E-state index in [0.29, 0.717) is 22.5 Å². The van der Waals surface area contributed by atoms with Crippen LogP contribution in [0.4, 0.5) is 5.69 Å². The summed E-state index contributed by atoms with van der Waals surface area (Å²) in [6.45, 7) is 1.73. The maximum Gasteiger partial charge on any atom is 0.339 e. The van der Waals surface area contributed by atoms with Crippen LogP contribution in [-0.2, 0) is 14.9 Å². The SMILES string of the molecule is CC1=NN(c2ccccc2)C(=O)C1=Cc1ccccc1OS(=O)(=O)c1ccccc1. The highest BCUT2D eigenvalue weighted by Crippen LogP contribution is 2.29. The minimum atomic E-state index is -4.01. The number of amides is 1. The number of nitrogens with zero attached hydrogens (tertiary/aromatic N) is 2. The Bertz CT molecular complexity index is 1250. The van der Waals surface area contributed by atoms with Gasteiger partial charge < -0.3 is 4.18 Å². The van der Waals surface area contributed by atoms with E-state index in [1.165, 1.54) is 17.1 Å². The molecule has 0 saturated carbocycles. The van der Waals surface area contributed by atoms with Crippen LogP contribution in [0, 0.1) is 0 Å². The fraction of sp³-hybridized carbons (Fsp3) is 0.0435. The molecule has 1 heterocycles. The van der Waals surface area contributed by atoms with Crippen LogP contribution in [0.2, 0.25) is 0 Å². The van der Waals surface area contributed by atoms with Crippen molar-refractivity contribution in [3.63, 3.8) is 0 Å². The van der Waals surface area contributed by atoms with Gasteiger partial charge in [-0.2, -0.15) is 18.5 Å². The summed E-state index contributed by atoms with van der Waals surface area (Å²) in [7, 11) is -4.01. The molecule has 7 heteroatoms. The highest BCUT2D eigenvalue weighted by molar-refractivity contribution is 7.87. The molecule has 150 valence electrons. The summed E-state index contributed by atoms with van der Waals surface area (Å²) in [5, 5.41) is 5.67. The first-order chi connectivity index (χ1) is 14.5. The molecule has 0 bridgehead atoms. The van der Waals surface area contributed by atoms with Crippen LogP contribution < -0.4 is 9.19 Å². The quantitative estimate of drug-likeness (QED) is 0.458. The van der Waals surface area contributed by atoms with Crippen LogP contribution in [0.25, 0.3) is 6.08 Å². The van der Waals surface area contributed by atoms with Gasteiger partial charge in [0.15, 0.2) is 0 Å². The molecular formula is C23H18N2O4S. The number of benzene rings is 3. The van der Waals surface area contributed by atoms with Crippen molar-refractivity contribution in [3.05, 3.63) is 96.1 Å². The summed E-state index contributed by atoms with van der Waals surface area (Å²) in [5.41, 5.74) is 2.02. The third kappa shape index (κ3) is 3.88. The molecule has 0 radical (unpaired) electrons. The van der Waals surface area contributed by atoms with Gasteiger partial charge >= 0.3 is 10.1 Å². The molecule has 0 unspecified atom stereocenters. The fourth-order valence-electron chi connectivity index (χ4n) is 3.01. The second kappa shape index (κ2) is 7.96. The summed E-state index contributed by atoms with van der Waals surface area (Å²) in [6, 6.07) is 23.7. The Hall–Kier alpha value is -3.71. The molecule has 30 heavy (non-hydrogen) atoms. The van der Waals surface area contributed by atoms with Gasteiger partial charge in [-0.1, -0.05) is 54.6 Å². The van der Waals surface area contributed by atoms with E-state index >= 15 is 0 Å². The maximum absolute atomic E-state index is 12.9. The van der Waals surface area contributed by atoms with E-state index < -0.39 is 10.1 Å². The molecule has 1 aliphatic heterocycles. The number of hydrazone groups is 1. The van der Waals surface area contributed by atoms with Crippen LogP contribution in [0.15, 0.2) is 100 Å². The lowest BCUT2D eigenvalue weighted by Gasteiger charge is -2.12. The van der Waals surface area contributed by atoms with Gasteiger partial charge in [0.25, 0.3) is 5.91 Å². The zero-order valence-corrected chi connectivity index (χ0v) is 16.9. The molecule has 3 aromatic carbocycles. The lowest BCUT2D eigenvalue weighted by molar-refractivity contribution is -0.114. The van der Waals surface area contributed by atoms with E-state index in [1.807, 2.05) is 18.2 Å². The molecule has 0 fully saturated rings. The highest BCUT2D eigenvalue weighted by Gasteiger charge is 2.29. The van der Waals surface area contributed by atoms with Crippen LogP contribution >= 0.6 is 0 Å². The minimum Gasteiger partial charge on any atom is -0.378 e. The van der Waals surface area contributed by atoms with Gasteiger partial charge in [0.05, 0.1) is 17.0 Å². The van der Waals surface area contributed by atoms with Gasteiger partial charge in [-0.25, -0.2) is 0 Å². The number of hydrogen-bond donors (Lipinski definition) is 0. The molecule has 0 aromatic heterocycles. The summed E-state index contributed by atoms with van der Waals surface area (Å²) >= 11 is 0. The number of carbonyl (C=O) groups excluding carboxylic acids is 1. The van der Waals surface area contributed by atoms with Crippen molar-refractivity contribution in [1.82, 2.24) is 0 Å². The Morgan fingerprint density at radius 2 is 1.47 bits per heavy atom. The third-order valence-electron chi connectivity index (χ3n) is 4.51. The largest absolute Gasteiger partial charge is 0.378 e. The van der Waals surface area contributed by atoms with Crippen LogP contribution in [0.1, 0.15) is 12.5 Å². The Labute approximate surface area is 174 Å². The number of hydrogen-bond acceptors (Lipinski definition) is 5. The lowest BCUT2D eigenvalue weighted by atomic mass is 10.1. The topological polar surface area (TPSA) is 76.0 Å². The molecule has 0 saturated heterocycles. The number of para-hydroxylation sites is 2. The average Bonchev–Trinajstić information content (AvgIpc) is 3.04. The van der Waals surface area contributed by atoms with Crippen LogP contribution in [-0.4, -0.2) is 20.0 Å². The molecule has 1 amide bonds. The second-order valence-corrected chi connectivity index (χ2v) is 8.13. The molecule has 4 rings (SSSR count). The van der Waals surface area contributed by atoms with Crippen molar-refractivity contribution in [2.45, 2.75) is 11.8 Å². The molecule has 0 N–H and O–H groups in total. The second-order valence-electron chi connectivity index (χ2n) is 6.58. The van der Waals surface area contributed by atoms with Crippen LogP contribution in [0.3, 0.4) is 0 Å². The normalized spacial score (nSPS) is 15.4. The van der Waals surface area contributed by atoms with Crippen molar-refractivity contribution in [2.24, 2.45) is 5.10 Å². The first-order valence-corrected chi connectivity index (χ1v) is 10.6. The smallest absolute Gasteiger partial charge is 0.339 e. The van der Waals surface area contributed by atoms with Gasteiger partial charge in [-0.3, -0.25) is 4.79 Å². The Morgan fingerprint density at radius 3 is 2.17 bits per heavy atom. The zero-order valence-electron chi connectivity index (χ0n) is 16.1. The van der Waals surface area contributed by atoms with E-state index in [1.54, 1.807) is 67.6 Å². The highest BCUT2D eigenvalue weighted by atomic mass is 32.2. The first kappa shape index (κ1) is 19.6. The van der Waals surface area contributed by atoms with E-state index in [4.69, 9.17) is 4.18 Å². The van der Waals surface area contributed by atoms with Crippen molar-refractivity contribution < 1.29 is 17.4 Å². The van der Waals surface area contributed by atoms with Crippen molar-refractivity contribution in [2.75, 3.05) is 5.01 Å². The average molecular weight is 418 g/mol. The van der Waals surface area contributed by atoms with Gasteiger partial charge in [0.2, 0.25) is 0 Å². The van der Waals surface area contributed by atoms with Gasteiger partial charge in [-0.05, 0) is 43.3 Å². The summed E-state index contributed by atoms with van der Waals surface area (Å²) < 4.78 is 30.6. The van der Waals surface area contributed by atoms with E-state index in [2.05, 4.69) is 5.10 Å². The summed E-state index contributed by atoms with van der Waals surface area (Å²) in [6.07, 6.45) is 1.60. The van der Waals surface area contributed by atoms with Crippen molar-refractivity contribution in [1.29, 1.82) is 0 Å². The molecule has 0 atom stereocenters. The fourth-order valence-corrected chi connectivity index (χ4v) is 3.99. The van der Waals surface area contributed by atoms with Crippen molar-refractivity contribution in [3.8, 4) is 5.75 Å². The zero-order chi connectivity index (χ0) is 21.1. The molecule has 0 spiro atoms. The predicted molar refractivity (Wildman–Crippen MR) is 116 cm³/mol. The molecule has 6 nitrogen and oxygen atoms in total. The Balaban J connectivity index is 1.67. The van der Waals surface area contributed by atoms with E-state index in [-0.39, 0.29) is 16.6 Å². The standard InChI is InChI=1S/C23H18N2O4S/c1-17-21(23(26)25(24-17)19-11-4-2-5-12-19)16-18-10-8-9-15-22(18)29-30(27,28)20-13-6-3-7-14-20/h2-16H,1H3. The van der Waals surface area contributed by atoms with E-state index in [0.717, 1.165) is 0 Å². The Morgan fingerprint density at radius 1 is 0.867 bits per heavy atom.